The van der Waals surface area contributed by atoms with E-state index in [1.54, 1.807) is 6.07 Å². The molecule has 1 aliphatic carbocycles. The van der Waals surface area contributed by atoms with Crippen molar-refractivity contribution in [3.05, 3.63) is 29.8 Å². The van der Waals surface area contributed by atoms with Crippen molar-refractivity contribution in [3.63, 3.8) is 0 Å². The number of benzene rings is 1. The maximum atomic E-state index is 13.9. The van der Waals surface area contributed by atoms with Crippen molar-refractivity contribution in [2.24, 2.45) is 12.8 Å². The van der Waals surface area contributed by atoms with Gasteiger partial charge in [-0.3, -0.25) is 0 Å². The Bertz CT molecular complexity index is 597. The number of hydrogen-bond donors (Lipinski definition) is 1. The fourth-order valence-electron chi connectivity index (χ4n) is 3.40. The molecule has 1 aromatic heterocycles. The van der Waals surface area contributed by atoms with Gasteiger partial charge in [0, 0.05) is 19.0 Å². The van der Waals surface area contributed by atoms with E-state index in [0.717, 1.165) is 24.2 Å². The average Bonchev–Trinajstić information content (AvgIpc) is 2.79. The minimum absolute atomic E-state index is 0.0710. The van der Waals surface area contributed by atoms with Gasteiger partial charge in [0.25, 0.3) is 0 Å². The molecule has 3 nitrogen and oxygen atoms in total. The highest BCUT2D eigenvalue weighted by Crippen LogP contribution is 2.39. The molecule has 0 bridgehead atoms. The summed E-state index contributed by atoms with van der Waals surface area (Å²) in [6.45, 7) is 0.589. The van der Waals surface area contributed by atoms with Gasteiger partial charge in [-0.1, -0.05) is 25.3 Å². The molecule has 0 aliphatic heterocycles. The molecule has 3 rings (SSSR count). The lowest BCUT2D eigenvalue weighted by molar-refractivity contribution is 0.281. The first kappa shape index (κ1) is 12.6. The van der Waals surface area contributed by atoms with Gasteiger partial charge >= 0.3 is 0 Å². The summed E-state index contributed by atoms with van der Waals surface area (Å²) in [7, 11) is 1.97. The molecule has 0 spiro atoms. The SMILES string of the molecule is Cn1c(C2(CN)CCCCC2)nc2c(F)cccc21. The molecule has 0 atom stereocenters. The molecule has 1 aliphatic rings. The molecule has 1 heterocycles. The maximum Gasteiger partial charge on any atom is 0.151 e. The maximum absolute atomic E-state index is 13.9. The molecule has 1 saturated carbocycles. The van der Waals surface area contributed by atoms with E-state index in [1.165, 1.54) is 25.3 Å². The third kappa shape index (κ3) is 1.86. The van der Waals surface area contributed by atoms with E-state index in [-0.39, 0.29) is 11.2 Å². The van der Waals surface area contributed by atoms with Crippen LogP contribution in [0, 0.1) is 5.82 Å². The van der Waals surface area contributed by atoms with Crippen LogP contribution in [-0.2, 0) is 12.5 Å². The van der Waals surface area contributed by atoms with Crippen LogP contribution in [0.4, 0.5) is 4.39 Å². The number of aryl methyl sites for hydroxylation is 1. The van der Waals surface area contributed by atoms with Gasteiger partial charge in [0.2, 0.25) is 0 Å². The van der Waals surface area contributed by atoms with Crippen LogP contribution in [0.3, 0.4) is 0 Å². The second-order valence-corrected chi connectivity index (χ2v) is 5.65. The van der Waals surface area contributed by atoms with Gasteiger partial charge in [-0.25, -0.2) is 9.37 Å². The van der Waals surface area contributed by atoms with E-state index in [9.17, 15) is 4.39 Å². The number of hydrogen-bond acceptors (Lipinski definition) is 2. The van der Waals surface area contributed by atoms with Gasteiger partial charge in [0.15, 0.2) is 5.82 Å². The summed E-state index contributed by atoms with van der Waals surface area (Å²) in [5.41, 5.74) is 7.31. The second kappa shape index (κ2) is 4.60. The fourth-order valence-corrected chi connectivity index (χ4v) is 3.40. The van der Waals surface area contributed by atoms with Crippen molar-refractivity contribution >= 4 is 11.0 Å². The monoisotopic (exact) mass is 261 g/mol. The van der Waals surface area contributed by atoms with Crippen molar-refractivity contribution in [1.29, 1.82) is 0 Å². The van der Waals surface area contributed by atoms with Gasteiger partial charge in [-0.05, 0) is 25.0 Å². The van der Waals surface area contributed by atoms with Crippen LogP contribution in [0.2, 0.25) is 0 Å². The highest BCUT2D eigenvalue weighted by atomic mass is 19.1. The van der Waals surface area contributed by atoms with Gasteiger partial charge in [-0.15, -0.1) is 0 Å². The third-order valence-electron chi connectivity index (χ3n) is 4.54. The standard InChI is InChI=1S/C15H20FN3/c1-19-12-7-5-6-11(16)13(12)18-14(19)15(10-17)8-3-2-4-9-15/h5-7H,2-4,8-10,17H2,1H3. The quantitative estimate of drug-likeness (QED) is 0.903. The zero-order chi connectivity index (χ0) is 13.5. The van der Waals surface area contributed by atoms with Crippen LogP contribution >= 0.6 is 0 Å². The van der Waals surface area contributed by atoms with Crippen molar-refractivity contribution in [2.45, 2.75) is 37.5 Å². The van der Waals surface area contributed by atoms with Crippen LogP contribution < -0.4 is 5.73 Å². The summed E-state index contributed by atoms with van der Waals surface area (Å²) in [6.07, 6.45) is 5.75. The summed E-state index contributed by atoms with van der Waals surface area (Å²) in [6, 6.07) is 5.12. The van der Waals surface area contributed by atoms with Crippen LogP contribution in [-0.4, -0.2) is 16.1 Å². The molecule has 4 heteroatoms. The molecule has 102 valence electrons. The molecule has 1 fully saturated rings. The molecule has 0 unspecified atom stereocenters. The molecule has 0 radical (unpaired) electrons. The zero-order valence-electron chi connectivity index (χ0n) is 11.3. The van der Waals surface area contributed by atoms with Crippen molar-refractivity contribution in [2.75, 3.05) is 6.54 Å². The number of halogens is 1. The van der Waals surface area contributed by atoms with Crippen molar-refractivity contribution < 1.29 is 4.39 Å². The van der Waals surface area contributed by atoms with E-state index < -0.39 is 0 Å². The van der Waals surface area contributed by atoms with E-state index in [1.807, 2.05) is 17.7 Å². The average molecular weight is 261 g/mol. The Morgan fingerprint density at radius 3 is 2.68 bits per heavy atom. The van der Waals surface area contributed by atoms with E-state index in [4.69, 9.17) is 5.73 Å². The highest BCUT2D eigenvalue weighted by Gasteiger charge is 2.36. The Kier molecular flexibility index (Phi) is 3.05. The summed E-state index contributed by atoms with van der Waals surface area (Å²) in [5, 5.41) is 0. The summed E-state index contributed by atoms with van der Waals surface area (Å²) in [5.74, 6) is 0.706. The lowest BCUT2D eigenvalue weighted by Crippen LogP contribution is -2.39. The largest absolute Gasteiger partial charge is 0.331 e. The Hall–Kier alpha value is -1.42. The third-order valence-corrected chi connectivity index (χ3v) is 4.54. The second-order valence-electron chi connectivity index (χ2n) is 5.65. The predicted octanol–water partition coefficient (Wildman–Crippen LogP) is 2.87. The number of nitrogens with two attached hydrogens (primary N) is 1. The first-order chi connectivity index (χ1) is 9.18. The molecule has 0 saturated heterocycles. The van der Waals surface area contributed by atoms with Gasteiger partial charge in [-0.2, -0.15) is 0 Å². The van der Waals surface area contributed by atoms with Crippen LogP contribution in [0.15, 0.2) is 18.2 Å². The Balaban J connectivity index is 2.18. The topological polar surface area (TPSA) is 43.8 Å². The number of rotatable bonds is 2. The first-order valence-electron chi connectivity index (χ1n) is 6.99. The van der Waals surface area contributed by atoms with E-state index in [0.29, 0.717) is 12.1 Å². The van der Waals surface area contributed by atoms with Crippen molar-refractivity contribution in [1.82, 2.24) is 9.55 Å². The van der Waals surface area contributed by atoms with Crippen LogP contribution in [0.5, 0.6) is 0 Å². The normalized spacial score (nSPS) is 18.9. The lowest BCUT2D eigenvalue weighted by Gasteiger charge is -2.35. The summed E-state index contributed by atoms with van der Waals surface area (Å²) in [4.78, 5) is 4.59. The van der Waals surface area contributed by atoms with E-state index in [2.05, 4.69) is 4.98 Å². The summed E-state index contributed by atoms with van der Waals surface area (Å²) >= 11 is 0. The molecular weight excluding hydrogens is 241 g/mol. The van der Waals surface area contributed by atoms with Gasteiger partial charge in [0.05, 0.1) is 5.52 Å². The van der Waals surface area contributed by atoms with Gasteiger partial charge < -0.3 is 10.3 Å². The number of fused-ring (bicyclic) bond motifs is 1. The van der Waals surface area contributed by atoms with Crippen LogP contribution in [0.25, 0.3) is 11.0 Å². The minimum Gasteiger partial charge on any atom is -0.331 e. The molecule has 1 aromatic carbocycles. The highest BCUT2D eigenvalue weighted by molar-refractivity contribution is 5.76. The smallest absolute Gasteiger partial charge is 0.151 e. The number of imidazole rings is 1. The lowest BCUT2D eigenvalue weighted by atomic mass is 9.73. The van der Waals surface area contributed by atoms with Crippen LogP contribution in [0.1, 0.15) is 37.9 Å². The number of para-hydroxylation sites is 1. The molecule has 2 aromatic rings. The molecule has 19 heavy (non-hydrogen) atoms. The minimum atomic E-state index is -0.248. The zero-order valence-corrected chi connectivity index (χ0v) is 11.3. The molecule has 0 amide bonds. The van der Waals surface area contributed by atoms with E-state index >= 15 is 0 Å². The Morgan fingerprint density at radius 2 is 2.05 bits per heavy atom. The Morgan fingerprint density at radius 1 is 1.32 bits per heavy atom. The fraction of sp³-hybridized carbons (Fsp3) is 0.533. The van der Waals surface area contributed by atoms with Gasteiger partial charge in [0.1, 0.15) is 11.3 Å². The molecule has 2 N–H and O–H groups in total. The predicted molar refractivity (Wildman–Crippen MR) is 74.5 cm³/mol. The van der Waals surface area contributed by atoms with Crippen molar-refractivity contribution in [3.8, 4) is 0 Å². The number of nitrogens with zero attached hydrogens (tertiary/aromatic N) is 2. The first-order valence-corrected chi connectivity index (χ1v) is 6.99. The summed E-state index contributed by atoms with van der Waals surface area (Å²) < 4.78 is 15.9. The molecular formula is C15H20FN3. The Labute approximate surface area is 112 Å². The number of aromatic nitrogens is 2.